The van der Waals surface area contributed by atoms with Crippen LogP contribution in [0.4, 0.5) is 5.69 Å². The van der Waals surface area contributed by atoms with E-state index in [1.807, 2.05) is 0 Å². The highest BCUT2D eigenvalue weighted by Crippen LogP contribution is 2.31. The molecule has 2 nitrogen and oxygen atoms in total. The Bertz CT molecular complexity index is 467. The minimum absolute atomic E-state index is 0.707. The van der Waals surface area contributed by atoms with Crippen molar-refractivity contribution < 1.29 is 0 Å². The van der Waals surface area contributed by atoms with Crippen LogP contribution in [0, 0.1) is 11.8 Å². The SMILES string of the molecule is CC(C)C1CCCCC1NCc1cccc2c1NCCC2. The van der Waals surface area contributed by atoms with E-state index >= 15 is 0 Å². The highest BCUT2D eigenvalue weighted by atomic mass is 14.9. The maximum Gasteiger partial charge on any atom is 0.0418 e. The molecule has 0 aromatic heterocycles. The van der Waals surface area contributed by atoms with E-state index in [9.17, 15) is 0 Å². The van der Waals surface area contributed by atoms with Crippen LogP contribution in [0.3, 0.4) is 0 Å². The molecule has 3 rings (SSSR count). The smallest absolute Gasteiger partial charge is 0.0418 e. The first kappa shape index (κ1) is 14.9. The maximum absolute atomic E-state index is 3.88. The third-order valence-electron chi connectivity index (χ3n) is 5.39. The summed E-state index contributed by atoms with van der Waals surface area (Å²) in [6.45, 7) is 6.92. The fourth-order valence-corrected chi connectivity index (χ4v) is 4.18. The van der Waals surface area contributed by atoms with E-state index in [0.717, 1.165) is 24.9 Å². The Labute approximate surface area is 129 Å². The molecule has 0 radical (unpaired) electrons. The summed E-state index contributed by atoms with van der Waals surface area (Å²) >= 11 is 0. The van der Waals surface area contributed by atoms with Crippen molar-refractivity contribution >= 4 is 5.69 Å². The average molecular weight is 286 g/mol. The lowest BCUT2D eigenvalue weighted by molar-refractivity contribution is 0.205. The lowest BCUT2D eigenvalue weighted by Crippen LogP contribution is -2.40. The summed E-state index contributed by atoms with van der Waals surface area (Å²) in [7, 11) is 0. The first-order valence-corrected chi connectivity index (χ1v) is 8.83. The predicted molar refractivity (Wildman–Crippen MR) is 90.7 cm³/mol. The number of anilines is 1. The molecule has 21 heavy (non-hydrogen) atoms. The molecule has 1 aliphatic heterocycles. The zero-order chi connectivity index (χ0) is 14.7. The quantitative estimate of drug-likeness (QED) is 0.860. The van der Waals surface area contributed by atoms with Crippen LogP contribution >= 0.6 is 0 Å². The number of benzene rings is 1. The van der Waals surface area contributed by atoms with Gasteiger partial charge in [0.25, 0.3) is 0 Å². The standard InChI is InChI=1S/C19H30N2/c1-14(2)17-10-3-4-11-18(17)21-13-16-8-5-7-15-9-6-12-20-19(15)16/h5,7-8,14,17-18,20-21H,3-4,6,9-13H2,1-2H3. The molecule has 1 saturated carbocycles. The Kier molecular flexibility index (Phi) is 4.84. The van der Waals surface area contributed by atoms with Crippen molar-refractivity contribution in [2.75, 3.05) is 11.9 Å². The summed E-state index contributed by atoms with van der Waals surface area (Å²) in [5.41, 5.74) is 4.37. The highest BCUT2D eigenvalue weighted by molar-refractivity contribution is 5.59. The van der Waals surface area contributed by atoms with Crippen molar-refractivity contribution in [2.45, 2.75) is 65.0 Å². The molecule has 0 saturated heterocycles. The van der Waals surface area contributed by atoms with Crippen molar-refractivity contribution in [3.05, 3.63) is 29.3 Å². The molecule has 2 N–H and O–H groups in total. The lowest BCUT2D eigenvalue weighted by Gasteiger charge is -2.35. The van der Waals surface area contributed by atoms with Crippen LogP contribution in [0.1, 0.15) is 57.1 Å². The zero-order valence-electron chi connectivity index (χ0n) is 13.6. The molecule has 0 amide bonds. The van der Waals surface area contributed by atoms with Crippen LogP contribution in [0.25, 0.3) is 0 Å². The van der Waals surface area contributed by atoms with Crippen LogP contribution in [-0.2, 0) is 13.0 Å². The van der Waals surface area contributed by atoms with Gasteiger partial charge in [-0.25, -0.2) is 0 Å². The van der Waals surface area contributed by atoms with E-state index in [4.69, 9.17) is 0 Å². The van der Waals surface area contributed by atoms with E-state index in [-0.39, 0.29) is 0 Å². The van der Waals surface area contributed by atoms with E-state index in [1.54, 1.807) is 0 Å². The van der Waals surface area contributed by atoms with Gasteiger partial charge in [-0.3, -0.25) is 0 Å². The molecule has 116 valence electrons. The third-order valence-corrected chi connectivity index (χ3v) is 5.39. The average Bonchev–Trinajstić information content (AvgIpc) is 2.53. The Morgan fingerprint density at radius 1 is 1.19 bits per heavy atom. The summed E-state index contributed by atoms with van der Waals surface area (Å²) in [4.78, 5) is 0. The molecule has 2 heteroatoms. The van der Waals surface area contributed by atoms with Crippen LogP contribution in [-0.4, -0.2) is 12.6 Å². The molecule has 1 aromatic carbocycles. The number of aryl methyl sites for hydroxylation is 1. The zero-order valence-corrected chi connectivity index (χ0v) is 13.6. The van der Waals surface area contributed by atoms with Crippen LogP contribution in [0.5, 0.6) is 0 Å². The number of nitrogens with one attached hydrogen (secondary N) is 2. The summed E-state index contributed by atoms with van der Waals surface area (Å²) in [5, 5.41) is 7.49. The molecular weight excluding hydrogens is 256 g/mol. The van der Waals surface area contributed by atoms with Crippen LogP contribution in [0.15, 0.2) is 18.2 Å². The molecule has 1 fully saturated rings. The van der Waals surface area contributed by atoms with E-state index in [0.29, 0.717) is 6.04 Å². The van der Waals surface area contributed by atoms with Crippen LogP contribution < -0.4 is 10.6 Å². The number of hydrogen-bond acceptors (Lipinski definition) is 2. The van der Waals surface area contributed by atoms with Gasteiger partial charge < -0.3 is 10.6 Å². The monoisotopic (exact) mass is 286 g/mol. The van der Waals surface area contributed by atoms with Crippen molar-refractivity contribution in [3.8, 4) is 0 Å². The maximum atomic E-state index is 3.88. The van der Waals surface area contributed by atoms with E-state index < -0.39 is 0 Å². The Hall–Kier alpha value is -1.02. The van der Waals surface area contributed by atoms with Crippen molar-refractivity contribution in [3.63, 3.8) is 0 Å². The second-order valence-electron chi connectivity index (χ2n) is 7.16. The van der Waals surface area contributed by atoms with Crippen molar-refractivity contribution in [1.29, 1.82) is 0 Å². The number of para-hydroxylation sites is 1. The van der Waals surface area contributed by atoms with Gasteiger partial charge in [0.15, 0.2) is 0 Å². The Balaban J connectivity index is 1.67. The first-order chi connectivity index (χ1) is 10.3. The molecular formula is C19H30N2. The molecule has 0 spiro atoms. The fraction of sp³-hybridized carbons (Fsp3) is 0.684. The molecule has 1 aromatic rings. The molecule has 1 heterocycles. The fourth-order valence-electron chi connectivity index (χ4n) is 4.18. The first-order valence-electron chi connectivity index (χ1n) is 8.83. The number of fused-ring (bicyclic) bond motifs is 1. The topological polar surface area (TPSA) is 24.1 Å². The minimum atomic E-state index is 0.707. The summed E-state index contributed by atoms with van der Waals surface area (Å²) in [5.74, 6) is 1.65. The van der Waals surface area contributed by atoms with E-state index in [2.05, 4.69) is 42.7 Å². The highest BCUT2D eigenvalue weighted by Gasteiger charge is 2.27. The van der Waals surface area contributed by atoms with Gasteiger partial charge in [-0.1, -0.05) is 44.9 Å². The summed E-state index contributed by atoms with van der Waals surface area (Å²) < 4.78 is 0. The third kappa shape index (κ3) is 3.42. The second kappa shape index (κ2) is 6.83. The number of hydrogen-bond donors (Lipinski definition) is 2. The van der Waals surface area contributed by atoms with Gasteiger partial charge in [0.05, 0.1) is 0 Å². The van der Waals surface area contributed by atoms with E-state index in [1.165, 1.54) is 55.3 Å². The normalized spacial score (nSPS) is 25.5. The van der Waals surface area contributed by atoms with Gasteiger partial charge in [0.1, 0.15) is 0 Å². The van der Waals surface area contributed by atoms with Crippen molar-refractivity contribution in [2.24, 2.45) is 11.8 Å². The number of rotatable bonds is 4. The van der Waals surface area contributed by atoms with Crippen molar-refractivity contribution in [1.82, 2.24) is 5.32 Å². The van der Waals surface area contributed by atoms with Gasteiger partial charge in [-0.05, 0) is 48.6 Å². The van der Waals surface area contributed by atoms with Crippen LogP contribution in [0.2, 0.25) is 0 Å². The summed E-state index contributed by atoms with van der Waals surface area (Å²) in [6.07, 6.45) is 8.07. The van der Waals surface area contributed by atoms with Gasteiger partial charge in [-0.2, -0.15) is 0 Å². The lowest BCUT2D eigenvalue weighted by atomic mass is 9.78. The largest absolute Gasteiger partial charge is 0.385 e. The Morgan fingerprint density at radius 2 is 2.05 bits per heavy atom. The predicted octanol–water partition coefficient (Wildman–Crippen LogP) is 4.35. The van der Waals surface area contributed by atoms with Gasteiger partial charge in [-0.15, -0.1) is 0 Å². The Morgan fingerprint density at radius 3 is 2.90 bits per heavy atom. The minimum Gasteiger partial charge on any atom is -0.385 e. The van der Waals surface area contributed by atoms with Gasteiger partial charge >= 0.3 is 0 Å². The van der Waals surface area contributed by atoms with Gasteiger partial charge in [0, 0.05) is 24.8 Å². The molecule has 0 bridgehead atoms. The molecule has 2 aliphatic rings. The summed E-state index contributed by atoms with van der Waals surface area (Å²) in [6, 6.07) is 7.50. The van der Waals surface area contributed by atoms with Gasteiger partial charge in [0.2, 0.25) is 0 Å². The second-order valence-corrected chi connectivity index (χ2v) is 7.16. The molecule has 1 aliphatic carbocycles. The molecule has 2 atom stereocenters. The molecule has 2 unspecified atom stereocenters.